The van der Waals surface area contributed by atoms with Crippen LogP contribution in [0, 0.1) is 0 Å². The van der Waals surface area contributed by atoms with Crippen LogP contribution < -0.4 is 0 Å². The highest BCUT2D eigenvalue weighted by molar-refractivity contribution is 6.02. The lowest BCUT2D eigenvalue weighted by atomic mass is 10.2. The lowest BCUT2D eigenvalue weighted by molar-refractivity contribution is 0.0586. The first-order chi connectivity index (χ1) is 7.68. The van der Waals surface area contributed by atoms with E-state index in [1.165, 1.54) is 0 Å². The van der Waals surface area contributed by atoms with Crippen LogP contribution in [0.5, 0.6) is 0 Å². The van der Waals surface area contributed by atoms with E-state index in [2.05, 4.69) is 5.10 Å². The molecule has 2 aromatic rings. The van der Waals surface area contributed by atoms with E-state index in [0.717, 1.165) is 5.52 Å². The predicted octanol–water partition coefficient (Wildman–Crippen LogP) is 1.94. The maximum absolute atomic E-state index is 11.8. The van der Waals surface area contributed by atoms with Gasteiger partial charge in [-0.05, 0) is 26.0 Å². The maximum atomic E-state index is 11.8. The molecule has 0 spiro atoms. The van der Waals surface area contributed by atoms with E-state index < -0.39 is 0 Å². The van der Waals surface area contributed by atoms with Gasteiger partial charge in [0.05, 0.1) is 23.4 Å². The fraction of sp³-hybridized carbons (Fsp3) is 0.333. The molecule has 4 heteroatoms. The molecule has 0 bridgehead atoms. The van der Waals surface area contributed by atoms with Crippen molar-refractivity contribution in [2.75, 3.05) is 6.61 Å². The summed E-state index contributed by atoms with van der Waals surface area (Å²) in [5.41, 5.74) is 1.43. The van der Waals surface area contributed by atoms with Gasteiger partial charge in [-0.2, -0.15) is 5.10 Å². The number of ether oxygens (including phenoxy) is 1. The van der Waals surface area contributed by atoms with E-state index >= 15 is 0 Å². The van der Waals surface area contributed by atoms with E-state index in [1.54, 1.807) is 10.7 Å². The summed E-state index contributed by atoms with van der Waals surface area (Å²) in [6.07, 6.45) is 3.46. The molecule has 0 radical (unpaired) electrons. The van der Waals surface area contributed by atoms with Crippen LogP contribution >= 0.6 is 0 Å². The molecular formula is C12H14N2O2. The van der Waals surface area contributed by atoms with Crippen molar-refractivity contribution in [3.63, 3.8) is 0 Å². The highest BCUT2D eigenvalue weighted by atomic mass is 16.5. The summed E-state index contributed by atoms with van der Waals surface area (Å²) in [6.45, 7) is 3.92. The molecule has 0 aliphatic carbocycles. The Labute approximate surface area is 93.8 Å². The molecule has 0 saturated heterocycles. The molecule has 0 atom stereocenters. The van der Waals surface area contributed by atoms with E-state index in [-0.39, 0.29) is 18.5 Å². The first-order valence-corrected chi connectivity index (χ1v) is 5.25. The van der Waals surface area contributed by atoms with Crippen LogP contribution in [0.4, 0.5) is 0 Å². The highest BCUT2D eigenvalue weighted by Gasteiger charge is 2.12. The van der Waals surface area contributed by atoms with Crippen LogP contribution in [0.1, 0.15) is 24.2 Å². The number of fused-ring (bicyclic) bond motifs is 1. The number of rotatable bonds is 4. The number of hydrogen-bond donors (Lipinski definition) is 0. The van der Waals surface area contributed by atoms with Gasteiger partial charge in [0.15, 0.2) is 5.78 Å². The SMILES string of the molecule is CC(C)OCC(=O)c1cnn2ccccc12. The summed E-state index contributed by atoms with van der Waals surface area (Å²) in [6, 6.07) is 5.63. The minimum atomic E-state index is -0.0325. The zero-order chi connectivity index (χ0) is 11.5. The normalized spacial score (nSPS) is 11.2. The second kappa shape index (κ2) is 4.45. The Morgan fingerprint density at radius 2 is 2.31 bits per heavy atom. The molecule has 0 fully saturated rings. The zero-order valence-corrected chi connectivity index (χ0v) is 9.38. The predicted molar refractivity (Wildman–Crippen MR) is 60.6 cm³/mol. The fourth-order valence-corrected chi connectivity index (χ4v) is 1.47. The number of ketones is 1. The Bertz CT molecular complexity index is 502. The standard InChI is InChI=1S/C12H14N2O2/c1-9(2)16-8-12(15)10-7-13-14-6-4-3-5-11(10)14/h3-7,9H,8H2,1-2H3. The number of hydrogen-bond acceptors (Lipinski definition) is 3. The Morgan fingerprint density at radius 3 is 3.06 bits per heavy atom. The van der Waals surface area contributed by atoms with Gasteiger partial charge in [-0.1, -0.05) is 6.07 Å². The molecular weight excluding hydrogens is 204 g/mol. The molecule has 84 valence electrons. The third-order valence-corrected chi connectivity index (χ3v) is 2.27. The van der Waals surface area contributed by atoms with Gasteiger partial charge in [0.2, 0.25) is 0 Å². The van der Waals surface area contributed by atoms with Crippen molar-refractivity contribution >= 4 is 11.3 Å². The molecule has 0 aromatic carbocycles. The zero-order valence-electron chi connectivity index (χ0n) is 9.38. The van der Waals surface area contributed by atoms with Crippen LogP contribution in [0.2, 0.25) is 0 Å². The van der Waals surface area contributed by atoms with Crippen molar-refractivity contribution in [2.45, 2.75) is 20.0 Å². The Hall–Kier alpha value is -1.68. The molecule has 0 saturated carbocycles. The third-order valence-electron chi connectivity index (χ3n) is 2.27. The molecule has 0 aliphatic rings. The minimum absolute atomic E-state index is 0.0325. The first-order valence-electron chi connectivity index (χ1n) is 5.25. The van der Waals surface area contributed by atoms with Crippen molar-refractivity contribution < 1.29 is 9.53 Å². The van der Waals surface area contributed by atoms with Crippen molar-refractivity contribution in [2.24, 2.45) is 0 Å². The summed E-state index contributed by atoms with van der Waals surface area (Å²) in [5, 5.41) is 4.11. The van der Waals surface area contributed by atoms with E-state index in [4.69, 9.17) is 4.74 Å². The van der Waals surface area contributed by atoms with Gasteiger partial charge in [0.1, 0.15) is 6.61 Å². The smallest absolute Gasteiger partial charge is 0.192 e. The third kappa shape index (κ3) is 2.12. The van der Waals surface area contributed by atoms with Crippen LogP contribution in [-0.4, -0.2) is 28.1 Å². The Balaban J connectivity index is 2.23. The second-order valence-corrected chi connectivity index (χ2v) is 3.87. The van der Waals surface area contributed by atoms with E-state index in [1.807, 2.05) is 38.2 Å². The number of carbonyl (C=O) groups excluding carboxylic acids is 1. The van der Waals surface area contributed by atoms with Crippen molar-refractivity contribution in [3.8, 4) is 0 Å². The average Bonchev–Trinajstić information content (AvgIpc) is 2.69. The van der Waals surface area contributed by atoms with Gasteiger partial charge in [0.25, 0.3) is 0 Å². The average molecular weight is 218 g/mol. The highest BCUT2D eigenvalue weighted by Crippen LogP contribution is 2.10. The summed E-state index contributed by atoms with van der Waals surface area (Å²) in [4.78, 5) is 11.8. The molecule has 2 aromatic heterocycles. The van der Waals surface area contributed by atoms with Crippen molar-refractivity contribution in [1.29, 1.82) is 0 Å². The van der Waals surface area contributed by atoms with Crippen LogP contribution in [0.25, 0.3) is 5.52 Å². The molecule has 0 unspecified atom stereocenters. The van der Waals surface area contributed by atoms with Gasteiger partial charge in [-0.3, -0.25) is 4.79 Å². The summed E-state index contributed by atoms with van der Waals surface area (Å²) in [7, 11) is 0. The Kier molecular flexibility index (Phi) is 3.01. The minimum Gasteiger partial charge on any atom is -0.371 e. The summed E-state index contributed by atoms with van der Waals surface area (Å²) < 4.78 is 6.97. The second-order valence-electron chi connectivity index (χ2n) is 3.87. The van der Waals surface area contributed by atoms with Gasteiger partial charge in [-0.25, -0.2) is 4.52 Å². The van der Waals surface area contributed by atoms with Gasteiger partial charge in [-0.15, -0.1) is 0 Å². The van der Waals surface area contributed by atoms with Gasteiger partial charge < -0.3 is 4.74 Å². The number of pyridine rings is 1. The van der Waals surface area contributed by atoms with E-state index in [9.17, 15) is 4.79 Å². The molecule has 0 amide bonds. The van der Waals surface area contributed by atoms with E-state index in [0.29, 0.717) is 5.56 Å². The topological polar surface area (TPSA) is 43.6 Å². The van der Waals surface area contributed by atoms with Crippen LogP contribution in [0.15, 0.2) is 30.6 Å². The van der Waals surface area contributed by atoms with Gasteiger partial charge in [0, 0.05) is 6.20 Å². The monoisotopic (exact) mass is 218 g/mol. The number of Topliss-reactive ketones (excluding diaryl/α,β-unsaturated/α-hetero) is 1. The molecule has 4 nitrogen and oxygen atoms in total. The fourth-order valence-electron chi connectivity index (χ4n) is 1.47. The van der Waals surface area contributed by atoms with Crippen molar-refractivity contribution in [1.82, 2.24) is 9.61 Å². The number of nitrogens with zero attached hydrogens (tertiary/aromatic N) is 2. The molecule has 0 aliphatic heterocycles. The van der Waals surface area contributed by atoms with Gasteiger partial charge >= 0.3 is 0 Å². The molecule has 2 rings (SSSR count). The number of carbonyl (C=O) groups is 1. The van der Waals surface area contributed by atoms with Crippen LogP contribution in [-0.2, 0) is 4.74 Å². The largest absolute Gasteiger partial charge is 0.371 e. The lowest BCUT2D eigenvalue weighted by Gasteiger charge is -2.05. The lowest BCUT2D eigenvalue weighted by Crippen LogP contribution is -2.13. The van der Waals surface area contributed by atoms with Crippen LogP contribution in [0.3, 0.4) is 0 Å². The quantitative estimate of drug-likeness (QED) is 0.736. The Morgan fingerprint density at radius 1 is 1.50 bits per heavy atom. The number of aromatic nitrogens is 2. The summed E-state index contributed by atoms with van der Waals surface area (Å²) in [5.74, 6) is -0.0325. The maximum Gasteiger partial charge on any atom is 0.192 e. The molecule has 0 N–H and O–H groups in total. The molecule has 2 heterocycles. The van der Waals surface area contributed by atoms with Crippen molar-refractivity contribution in [3.05, 3.63) is 36.2 Å². The molecule has 16 heavy (non-hydrogen) atoms. The first kappa shape index (κ1) is 10.8. The summed E-state index contributed by atoms with van der Waals surface area (Å²) >= 11 is 0.